The smallest absolute Gasteiger partial charge is 0.261 e. The molecule has 156 valence electrons. The molecule has 3 aromatic rings. The summed E-state index contributed by atoms with van der Waals surface area (Å²) in [6.07, 6.45) is 0. The Morgan fingerprint density at radius 2 is 1.67 bits per heavy atom. The van der Waals surface area contributed by atoms with E-state index < -0.39 is 21.7 Å². The number of hydrogen-bond donors (Lipinski definition) is 2. The van der Waals surface area contributed by atoms with Crippen LogP contribution in [0.2, 0.25) is 10.0 Å². The number of hydrogen-bond acceptors (Lipinski definition) is 4. The molecule has 0 saturated heterocycles. The molecular formula is C20H15Cl2FN2O4S. The second kappa shape index (κ2) is 8.91. The van der Waals surface area contributed by atoms with Crippen molar-refractivity contribution in [2.24, 2.45) is 0 Å². The maximum Gasteiger partial charge on any atom is 0.261 e. The number of nitrogens with one attached hydrogen (secondary N) is 2. The van der Waals surface area contributed by atoms with Crippen LogP contribution in [0.3, 0.4) is 0 Å². The van der Waals surface area contributed by atoms with Crippen LogP contribution in [0, 0.1) is 5.82 Å². The van der Waals surface area contributed by atoms with Crippen molar-refractivity contribution < 1.29 is 22.3 Å². The molecular weight excluding hydrogens is 454 g/mol. The molecule has 0 aliphatic rings. The van der Waals surface area contributed by atoms with E-state index in [1.165, 1.54) is 31.4 Å². The number of carbonyl (C=O) groups is 1. The Labute approximate surface area is 182 Å². The van der Waals surface area contributed by atoms with Gasteiger partial charge in [0.1, 0.15) is 11.6 Å². The van der Waals surface area contributed by atoms with Gasteiger partial charge in [-0.3, -0.25) is 9.52 Å². The van der Waals surface area contributed by atoms with E-state index >= 15 is 0 Å². The van der Waals surface area contributed by atoms with Gasteiger partial charge in [-0.2, -0.15) is 0 Å². The van der Waals surface area contributed by atoms with Crippen LogP contribution in [0.15, 0.2) is 65.6 Å². The summed E-state index contributed by atoms with van der Waals surface area (Å²) in [6, 6.07) is 13.1. The summed E-state index contributed by atoms with van der Waals surface area (Å²) in [5.41, 5.74) is 0.475. The van der Waals surface area contributed by atoms with E-state index in [0.29, 0.717) is 16.5 Å². The lowest BCUT2D eigenvalue weighted by molar-refractivity contribution is 0.102. The van der Waals surface area contributed by atoms with Gasteiger partial charge >= 0.3 is 0 Å². The van der Waals surface area contributed by atoms with Crippen LogP contribution >= 0.6 is 23.2 Å². The van der Waals surface area contributed by atoms with Gasteiger partial charge in [0.05, 0.1) is 28.4 Å². The average Bonchev–Trinajstić information content (AvgIpc) is 2.70. The molecule has 0 fully saturated rings. The number of ether oxygens (including phenoxy) is 1. The van der Waals surface area contributed by atoms with Crippen molar-refractivity contribution in [3.8, 4) is 5.75 Å². The highest BCUT2D eigenvalue weighted by Gasteiger charge is 2.18. The van der Waals surface area contributed by atoms with Crippen LogP contribution in [0.1, 0.15) is 10.4 Å². The van der Waals surface area contributed by atoms with Crippen molar-refractivity contribution in [2.45, 2.75) is 4.90 Å². The van der Waals surface area contributed by atoms with Crippen LogP contribution in [-0.4, -0.2) is 21.4 Å². The zero-order valence-corrected chi connectivity index (χ0v) is 17.8. The van der Waals surface area contributed by atoms with Crippen LogP contribution in [-0.2, 0) is 10.0 Å². The maximum absolute atomic E-state index is 13.1. The molecule has 0 aliphatic heterocycles. The molecule has 0 radical (unpaired) electrons. The minimum Gasteiger partial charge on any atom is -0.495 e. The van der Waals surface area contributed by atoms with Gasteiger partial charge in [0.25, 0.3) is 15.9 Å². The van der Waals surface area contributed by atoms with Crippen molar-refractivity contribution in [2.75, 3.05) is 17.1 Å². The molecule has 0 atom stereocenters. The van der Waals surface area contributed by atoms with Gasteiger partial charge in [-0.15, -0.1) is 0 Å². The minimum absolute atomic E-state index is 0.00768. The zero-order chi connectivity index (χ0) is 21.9. The van der Waals surface area contributed by atoms with Gasteiger partial charge in [-0.25, -0.2) is 12.8 Å². The molecule has 0 saturated carbocycles. The molecule has 30 heavy (non-hydrogen) atoms. The van der Waals surface area contributed by atoms with E-state index in [9.17, 15) is 17.6 Å². The molecule has 3 rings (SSSR count). The van der Waals surface area contributed by atoms with Crippen LogP contribution in [0.5, 0.6) is 5.75 Å². The molecule has 10 heteroatoms. The van der Waals surface area contributed by atoms with E-state index in [1.54, 1.807) is 12.1 Å². The Morgan fingerprint density at radius 1 is 0.967 bits per heavy atom. The molecule has 0 heterocycles. The second-order valence-electron chi connectivity index (χ2n) is 6.05. The average molecular weight is 469 g/mol. The second-order valence-corrected chi connectivity index (χ2v) is 8.58. The summed E-state index contributed by atoms with van der Waals surface area (Å²) < 4.78 is 45.6. The summed E-state index contributed by atoms with van der Waals surface area (Å²) >= 11 is 12.1. The molecule has 2 N–H and O–H groups in total. The Balaban J connectivity index is 1.87. The first kappa shape index (κ1) is 21.9. The van der Waals surface area contributed by atoms with E-state index in [-0.39, 0.29) is 21.2 Å². The molecule has 0 spiro atoms. The van der Waals surface area contributed by atoms with Gasteiger partial charge in [-0.05, 0) is 60.7 Å². The Kier molecular flexibility index (Phi) is 6.50. The first-order valence-corrected chi connectivity index (χ1v) is 10.7. The normalized spacial score (nSPS) is 11.1. The number of sulfonamides is 1. The molecule has 0 bridgehead atoms. The lowest BCUT2D eigenvalue weighted by atomic mass is 10.2. The van der Waals surface area contributed by atoms with Crippen molar-refractivity contribution in [3.63, 3.8) is 0 Å². The summed E-state index contributed by atoms with van der Waals surface area (Å²) in [5, 5.41) is 3.13. The molecule has 0 aliphatic carbocycles. The topological polar surface area (TPSA) is 84.5 Å². The third-order valence-electron chi connectivity index (χ3n) is 4.01. The highest BCUT2D eigenvalue weighted by Crippen LogP contribution is 2.30. The fraction of sp³-hybridized carbons (Fsp3) is 0.0500. The fourth-order valence-electron chi connectivity index (χ4n) is 2.53. The number of benzene rings is 3. The van der Waals surface area contributed by atoms with Gasteiger partial charge < -0.3 is 10.1 Å². The standard InChI is InChI=1S/C20H15Cl2FN2O4S/c1-29-19-9-3-13(21)11-18(19)24-20(26)12-2-8-16(22)17(10-12)25-30(27,28)15-6-4-14(23)5-7-15/h2-11,25H,1H3,(H,24,26). The third-order valence-corrected chi connectivity index (χ3v) is 5.95. The first-order valence-electron chi connectivity index (χ1n) is 8.42. The lowest BCUT2D eigenvalue weighted by Crippen LogP contribution is -2.16. The van der Waals surface area contributed by atoms with Gasteiger partial charge in [-0.1, -0.05) is 23.2 Å². The summed E-state index contributed by atoms with van der Waals surface area (Å²) in [4.78, 5) is 12.5. The monoisotopic (exact) mass is 468 g/mol. The van der Waals surface area contributed by atoms with Crippen LogP contribution in [0.25, 0.3) is 0 Å². The number of halogens is 3. The zero-order valence-electron chi connectivity index (χ0n) is 15.4. The summed E-state index contributed by atoms with van der Waals surface area (Å²) in [7, 11) is -2.59. The first-order chi connectivity index (χ1) is 14.2. The highest BCUT2D eigenvalue weighted by atomic mass is 35.5. The van der Waals surface area contributed by atoms with Crippen molar-refractivity contribution >= 4 is 50.5 Å². The predicted molar refractivity (Wildman–Crippen MR) is 115 cm³/mol. The van der Waals surface area contributed by atoms with E-state index in [0.717, 1.165) is 24.3 Å². The largest absolute Gasteiger partial charge is 0.495 e. The minimum atomic E-state index is -4.04. The van der Waals surface area contributed by atoms with Crippen molar-refractivity contribution in [3.05, 3.63) is 82.1 Å². The summed E-state index contributed by atoms with van der Waals surface area (Å²) in [5.74, 6) is -0.699. The van der Waals surface area contributed by atoms with Gasteiger partial charge in [0.15, 0.2) is 0 Å². The van der Waals surface area contributed by atoms with Crippen LogP contribution in [0.4, 0.5) is 15.8 Å². The molecule has 3 aromatic carbocycles. The highest BCUT2D eigenvalue weighted by molar-refractivity contribution is 7.92. The fourth-order valence-corrected chi connectivity index (χ4v) is 4.00. The quantitative estimate of drug-likeness (QED) is 0.520. The van der Waals surface area contributed by atoms with Crippen molar-refractivity contribution in [1.29, 1.82) is 0 Å². The van der Waals surface area contributed by atoms with E-state index in [4.69, 9.17) is 27.9 Å². The molecule has 6 nitrogen and oxygen atoms in total. The Hall–Kier alpha value is -2.81. The van der Waals surface area contributed by atoms with Crippen LogP contribution < -0.4 is 14.8 Å². The SMILES string of the molecule is COc1ccc(Cl)cc1NC(=O)c1ccc(Cl)c(NS(=O)(=O)c2ccc(F)cc2)c1. The molecule has 1 amide bonds. The Morgan fingerprint density at radius 3 is 2.33 bits per heavy atom. The number of amides is 1. The number of rotatable bonds is 6. The molecule has 0 aromatic heterocycles. The molecule has 0 unspecified atom stereocenters. The third kappa shape index (κ3) is 5.02. The number of methoxy groups -OCH3 is 1. The maximum atomic E-state index is 13.1. The predicted octanol–water partition coefficient (Wildman–Crippen LogP) is 5.19. The van der Waals surface area contributed by atoms with E-state index in [1.807, 2.05) is 0 Å². The van der Waals surface area contributed by atoms with E-state index in [2.05, 4.69) is 10.0 Å². The van der Waals surface area contributed by atoms with Gasteiger partial charge in [0, 0.05) is 10.6 Å². The Bertz CT molecular complexity index is 1200. The lowest BCUT2D eigenvalue weighted by Gasteiger charge is -2.13. The van der Waals surface area contributed by atoms with Gasteiger partial charge in [0.2, 0.25) is 0 Å². The number of carbonyl (C=O) groups excluding carboxylic acids is 1. The summed E-state index contributed by atoms with van der Waals surface area (Å²) in [6.45, 7) is 0. The number of anilines is 2. The van der Waals surface area contributed by atoms with Crippen molar-refractivity contribution in [1.82, 2.24) is 0 Å².